The molecule has 5 rings (SSSR count). The Balaban J connectivity index is 1.78. The van der Waals surface area contributed by atoms with E-state index in [9.17, 15) is 15.3 Å². The fourth-order valence-electron chi connectivity index (χ4n) is 5.16. The number of fused-ring (bicyclic) bond motifs is 3. The number of nitrogens with zero attached hydrogens (tertiary/aromatic N) is 3. The molecule has 2 aliphatic rings. The Morgan fingerprint density at radius 1 is 0.906 bits per heavy atom. The number of aryl methyl sites for hydroxylation is 1. The van der Waals surface area contributed by atoms with Crippen LogP contribution in [-0.2, 0) is 0 Å². The SMILES string of the molecule is Cc1ccc(C(=O)[C@@H]2[C@@H](c3ccccc3)C(C#N)(C#N)C3C=Cc4ccccc4N32)cc1. The Morgan fingerprint density at radius 2 is 1.56 bits per heavy atom. The Bertz CT molecular complexity index is 1280. The first-order valence-corrected chi connectivity index (χ1v) is 10.6. The number of Topliss-reactive ketones (excluding diaryl/α,β-unsaturated/α-hetero) is 1. The quantitative estimate of drug-likeness (QED) is 0.546. The molecule has 32 heavy (non-hydrogen) atoms. The lowest BCUT2D eigenvalue weighted by atomic mass is 9.69. The summed E-state index contributed by atoms with van der Waals surface area (Å²) in [5.41, 5.74) is 2.92. The molecule has 4 heteroatoms. The molecule has 3 aromatic rings. The minimum atomic E-state index is -1.41. The molecule has 1 saturated heterocycles. The molecule has 4 nitrogen and oxygen atoms in total. The summed E-state index contributed by atoms with van der Waals surface area (Å²) in [6.45, 7) is 1.98. The van der Waals surface area contributed by atoms with Crippen molar-refractivity contribution in [3.05, 3.63) is 107 Å². The van der Waals surface area contributed by atoms with E-state index >= 15 is 0 Å². The maximum absolute atomic E-state index is 14.0. The van der Waals surface area contributed by atoms with E-state index in [-0.39, 0.29) is 5.78 Å². The predicted octanol–water partition coefficient (Wildman–Crippen LogP) is 5.28. The number of hydrogen-bond acceptors (Lipinski definition) is 4. The highest BCUT2D eigenvalue weighted by molar-refractivity contribution is 6.04. The zero-order valence-electron chi connectivity index (χ0n) is 17.6. The largest absolute Gasteiger partial charge is 0.351 e. The second kappa shape index (κ2) is 7.52. The van der Waals surface area contributed by atoms with Gasteiger partial charge in [0.2, 0.25) is 0 Å². The van der Waals surface area contributed by atoms with Crippen molar-refractivity contribution in [2.24, 2.45) is 5.41 Å². The van der Waals surface area contributed by atoms with Gasteiger partial charge in [0.05, 0.1) is 18.2 Å². The van der Waals surface area contributed by atoms with Crippen molar-refractivity contribution >= 4 is 17.5 Å². The van der Waals surface area contributed by atoms with Gasteiger partial charge in [-0.05, 0) is 24.1 Å². The summed E-state index contributed by atoms with van der Waals surface area (Å²) in [5.74, 6) is -0.686. The average Bonchev–Trinajstić information content (AvgIpc) is 3.15. The van der Waals surface area contributed by atoms with Gasteiger partial charge in [-0.15, -0.1) is 0 Å². The van der Waals surface area contributed by atoms with Gasteiger partial charge in [0, 0.05) is 17.2 Å². The highest BCUT2D eigenvalue weighted by atomic mass is 16.1. The van der Waals surface area contributed by atoms with Crippen molar-refractivity contribution in [3.8, 4) is 12.1 Å². The third kappa shape index (κ3) is 2.77. The maximum atomic E-state index is 14.0. The summed E-state index contributed by atoms with van der Waals surface area (Å²) in [7, 11) is 0. The standard InChI is InChI=1S/C28H21N3O/c1-19-11-13-22(14-12-19)27(32)26-25(21-8-3-2-4-9-21)28(17-29,18-30)24-16-15-20-7-5-6-10-23(20)31(24)26/h2-16,24-26H,1H3/t24?,25-,26+/m1/s1. The van der Waals surface area contributed by atoms with Gasteiger partial charge in [-0.1, -0.05) is 90.5 Å². The van der Waals surface area contributed by atoms with Crippen LogP contribution in [0.3, 0.4) is 0 Å². The highest BCUT2D eigenvalue weighted by Gasteiger charge is 2.63. The molecular weight excluding hydrogens is 394 g/mol. The smallest absolute Gasteiger partial charge is 0.185 e. The van der Waals surface area contributed by atoms with E-state index in [0.29, 0.717) is 5.56 Å². The molecule has 0 amide bonds. The fourth-order valence-corrected chi connectivity index (χ4v) is 5.16. The van der Waals surface area contributed by atoms with Crippen LogP contribution in [0.4, 0.5) is 5.69 Å². The van der Waals surface area contributed by atoms with Crippen LogP contribution in [0.1, 0.15) is 33.0 Å². The number of carbonyl (C=O) groups is 1. The molecule has 2 aliphatic heterocycles. The molecule has 0 N–H and O–H groups in total. The summed E-state index contributed by atoms with van der Waals surface area (Å²) in [6.07, 6.45) is 3.87. The zero-order valence-corrected chi connectivity index (χ0v) is 17.6. The molecule has 0 radical (unpaired) electrons. The van der Waals surface area contributed by atoms with E-state index in [1.165, 1.54) is 0 Å². The minimum absolute atomic E-state index is 0.0821. The second-order valence-corrected chi connectivity index (χ2v) is 8.43. The first kappa shape index (κ1) is 19.8. The molecule has 0 aliphatic carbocycles. The van der Waals surface area contributed by atoms with Gasteiger partial charge in [0.15, 0.2) is 11.2 Å². The van der Waals surface area contributed by atoms with E-state index in [1.807, 2.05) is 103 Å². The van der Waals surface area contributed by atoms with Crippen molar-refractivity contribution in [1.82, 2.24) is 0 Å². The van der Waals surface area contributed by atoms with Gasteiger partial charge < -0.3 is 4.90 Å². The van der Waals surface area contributed by atoms with E-state index < -0.39 is 23.4 Å². The first-order chi connectivity index (χ1) is 15.6. The van der Waals surface area contributed by atoms with Crippen molar-refractivity contribution in [1.29, 1.82) is 10.5 Å². The van der Waals surface area contributed by atoms with Crippen LogP contribution in [0, 0.1) is 35.0 Å². The van der Waals surface area contributed by atoms with Crippen molar-refractivity contribution in [2.45, 2.75) is 24.9 Å². The topological polar surface area (TPSA) is 67.9 Å². The highest BCUT2D eigenvalue weighted by Crippen LogP contribution is 2.55. The van der Waals surface area contributed by atoms with Gasteiger partial charge in [-0.2, -0.15) is 10.5 Å². The fraction of sp³-hybridized carbons (Fsp3) is 0.179. The van der Waals surface area contributed by atoms with Gasteiger partial charge in [-0.25, -0.2) is 0 Å². The molecule has 0 aromatic heterocycles. The van der Waals surface area contributed by atoms with Gasteiger partial charge in [0.25, 0.3) is 0 Å². The Kier molecular flexibility index (Phi) is 4.65. The van der Waals surface area contributed by atoms with Crippen LogP contribution in [0.25, 0.3) is 6.08 Å². The maximum Gasteiger partial charge on any atom is 0.185 e. The van der Waals surface area contributed by atoms with Crippen LogP contribution in [0.2, 0.25) is 0 Å². The summed E-state index contributed by atoms with van der Waals surface area (Å²) in [6, 6.07) is 28.3. The summed E-state index contributed by atoms with van der Waals surface area (Å²) >= 11 is 0. The normalized spacial score (nSPS) is 22.3. The molecule has 1 fully saturated rings. The number of rotatable bonds is 3. The molecule has 1 unspecified atom stereocenters. The lowest BCUT2D eigenvalue weighted by molar-refractivity contribution is 0.0951. The number of benzene rings is 3. The van der Waals surface area contributed by atoms with Crippen LogP contribution in [0.15, 0.2) is 84.9 Å². The third-order valence-electron chi connectivity index (χ3n) is 6.68. The van der Waals surface area contributed by atoms with Crippen molar-refractivity contribution < 1.29 is 4.79 Å². The molecule has 0 bridgehead atoms. The zero-order chi connectivity index (χ0) is 22.3. The average molecular weight is 415 g/mol. The predicted molar refractivity (Wildman–Crippen MR) is 124 cm³/mol. The van der Waals surface area contributed by atoms with Gasteiger partial charge in [-0.3, -0.25) is 4.79 Å². The molecule has 3 aromatic carbocycles. The van der Waals surface area contributed by atoms with Gasteiger partial charge >= 0.3 is 0 Å². The number of ketones is 1. The summed E-state index contributed by atoms with van der Waals surface area (Å²) < 4.78 is 0. The van der Waals surface area contributed by atoms with E-state index in [2.05, 4.69) is 12.1 Å². The number of anilines is 1. The lowest BCUT2D eigenvalue weighted by Crippen LogP contribution is -2.44. The van der Waals surface area contributed by atoms with E-state index in [0.717, 1.165) is 22.4 Å². The first-order valence-electron chi connectivity index (χ1n) is 10.6. The van der Waals surface area contributed by atoms with Crippen LogP contribution in [-0.4, -0.2) is 17.9 Å². The monoisotopic (exact) mass is 415 g/mol. The summed E-state index contributed by atoms with van der Waals surface area (Å²) in [5, 5.41) is 20.8. The third-order valence-corrected chi connectivity index (χ3v) is 6.68. The van der Waals surface area contributed by atoms with Gasteiger partial charge in [0.1, 0.15) is 6.04 Å². The lowest BCUT2D eigenvalue weighted by Gasteiger charge is -2.35. The molecular formula is C28H21N3O. The van der Waals surface area contributed by atoms with E-state index in [1.54, 1.807) is 0 Å². The Morgan fingerprint density at radius 3 is 2.25 bits per heavy atom. The number of para-hydroxylation sites is 1. The Labute approximate surface area is 187 Å². The Hall–Kier alpha value is -4.15. The van der Waals surface area contributed by atoms with Crippen LogP contribution >= 0.6 is 0 Å². The van der Waals surface area contributed by atoms with Crippen LogP contribution < -0.4 is 4.90 Å². The number of carbonyl (C=O) groups excluding carboxylic acids is 1. The second-order valence-electron chi connectivity index (χ2n) is 8.43. The molecule has 154 valence electrons. The number of hydrogen-bond donors (Lipinski definition) is 0. The molecule has 2 heterocycles. The molecule has 0 saturated carbocycles. The van der Waals surface area contributed by atoms with E-state index in [4.69, 9.17) is 0 Å². The minimum Gasteiger partial charge on any atom is -0.351 e. The number of nitriles is 2. The molecule has 0 spiro atoms. The van der Waals surface area contributed by atoms with Crippen molar-refractivity contribution in [3.63, 3.8) is 0 Å². The summed E-state index contributed by atoms with van der Waals surface area (Å²) in [4.78, 5) is 16.0. The van der Waals surface area contributed by atoms with Crippen LogP contribution in [0.5, 0.6) is 0 Å². The molecule has 3 atom stereocenters. The van der Waals surface area contributed by atoms with Crippen molar-refractivity contribution in [2.75, 3.05) is 4.90 Å².